The first-order valence-electron chi connectivity index (χ1n) is 9.00. The quantitative estimate of drug-likeness (QED) is 0.510. The zero-order valence-electron chi connectivity index (χ0n) is 15.8. The molecular weight excluding hydrogens is 410 g/mol. The number of carbonyl (C=O) groups is 2. The molecule has 150 valence electrons. The Morgan fingerprint density at radius 3 is 2.52 bits per heavy atom. The van der Waals surface area contributed by atoms with Gasteiger partial charge in [-0.2, -0.15) is 0 Å². The van der Waals surface area contributed by atoms with Crippen molar-refractivity contribution in [1.29, 1.82) is 0 Å². The lowest BCUT2D eigenvalue weighted by molar-refractivity contribution is -0.152. The molecule has 29 heavy (non-hydrogen) atoms. The average molecular weight is 430 g/mol. The first kappa shape index (κ1) is 21.0. The fourth-order valence-electron chi connectivity index (χ4n) is 2.79. The van der Waals surface area contributed by atoms with E-state index in [2.05, 4.69) is 4.98 Å². The van der Waals surface area contributed by atoms with Gasteiger partial charge < -0.3 is 9.84 Å². The number of Topliss-reactive ketones (excluding diaryl/α,β-unsaturated/α-hetero) is 1. The predicted octanol–water partition coefficient (Wildman–Crippen LogP) is 5.14. The number of carbonyl (C=O) groups excluding carboxylic acids is 1. The summed E-state index contributed by atoms with van der Waals surface area (Å²) in [6, 6.07) is 16.3. The Balaban J connectivity index is 1.65. The number of ketones is 1. The van der Waals surface area contributed by atoms with E-state index in [0.717, 1.165) is 10.6 Å². The van der Waals surface area contributed by atoms with Crippen molar-refractivity contribution in [3.63, 3.8) is 0 Å². The molecule has 0 saturated heterocycles. The molecule has 3 rings (SSSR count). The van der Waals surface area contributed by atoms with E-state index in [4.69, 9.17) is 16.3 Å². The zero-order chi connectivity index (χ0) is 20.9. The van der Waals surface area contributed by atoms with Gasteiger partial charge in [0.15, 0.2) is 0 Å². The number of benzene rings is 2. The number of ether oxygens (including phenoxy) is 1. The minimum Gasteiger partial charge on any atom is -0.492 e. The fraction of sp³-hybridized carbons (Fsp3) is 0.227. The minimum atomic E-state index is -1.32. The summed E-state index contributed by atoms with van der Waals surface area (Å²) in [5, 5.41) is 12.8. The molecule has 1 unspecified atom stereocenters. The smallest absolute Gasteiger partial charge is 0.313 e. The van der Waals surface area contributed by atoms with Gasteiger partial charge >= 0.3 is 5.97 Å². The Bertz CT molecular complexity index is 1000. The summed E-state index contributed by atoms with van der Waals surface area (Å²) in [6.45, 7) is 1.42. The van der Waals surface area contributed by atoms with Crippen LogP contribution in [0.5, 0.6) is 5.75 Å². The van der Waals surface area contributed by atoms with Gasteiger partial charge in [-0.25, -0.2) is 4.98 Å². The zero-order valence-corrected chi connectivity index (χ0v) is 17.4. The van der Waals surface area contributed by atoms with Gasteiger partial charge in [0.05, 0.1) is 10.7 Å². The number of carboxylic acids is 1. The van der Waals surface area contributed by atoms with Gasteiger partial charge in [-0.15, -0.1) is 11.3 Å². The number of rotatable bonds is 9. The average Bonchev–Trinajstić information content (AvgIpc) is 3.15. The molecule has 1 aromatic heterocycles. The molecule has 0 saturated carbocycles. The molecule has 1 N–H and O–H groups in total. The van der Waals surface area contributed by atoms with Gasteiger partial charge in [0, 0.05) is 23.8 Å². The summed E-state index contributed by atoms with van der Waals surface area (Å²) in [7, 11) is 0. The first-order chi connectivity index (χ1) is 13.9. The number of hydrogen-bond acceptors (Lipinski definition) is 5. The van der Waals surface area contributed by atoms with E-state index < -0.39 is 11.4 Å². The van der Waals surface area contributed by atoms with Crippen LogP contribution in [0.2, 0.25) is 5.02 Å². The van der Waals surface area contributed by atoms with Crippen molar-refractivity contribution < 1.29 is 19.4 Å². The summed E-state index contributed by atoms with van der Waals surface area (Å²) >= 11 is 7.60. The van der Waals surface area contributed by atoms with Crippen molar-refractivity contribution in [1.82, 2.24) is 4.98 Å². The second kappa shape index (κ2) is 9.20. The van der Waals surface area contributed by atoms with Crippen LogP contribution in [0.15, 0.2) is 60.0 Å². The number of aliphatic carboxylic acids is 1. The molecule has 0 bridgehead atoms. The lowest BCUT2D eigenvalue weighted by Crippen LogP contribution is -2.36. The number of carboxylic acid groups (broad SMARTS) is 1. The first-order valence-corrected chi connectivity index (χ1v) is 10.3. The molecule has 0 fully saturated rings. The molecule has 1 heterocycles. The monoisotopic (exact) mass is 429 g/mol. The van der Waals surface area contributed by atoms with E-state index in [1.54, 1.807) is 35.7 Å². The Morgan fingerprint density at radius 1 is 1.14 bits per heavy atom. The third-order valence-electron chi connectivity index (χ3n) is 4.44. The molecule has 1 atom stereocenters. The van der Waals surface area contributed by atoms with E-state index in [1.807, 2.05) is 24.3 Å². The normalized spacial score (nSPS) is 12.9. The third-order valence-corrected chi connectivity index (χ3v) is 5.69. The topological polar surface area (TPSA) is 76.5 Å². The second-order valence-corrected chi connectivity index (χ2v) is 8.25. The number of hydrogen-bond donors (Lipinski definition) is 1. The maximum absolute atomic E-state index is 12.6. The molecule has 0 radical (unpaired) electrons. The number of aromatic nitrogens is 1. The van der Waals surface area contributed by atoms with Gasteiger partial charge in [0.2, 0.25) is 0 Å². The number of halogens is 1. The van der Waals surface area contributed by atoms with Crippen LogP contribution in [0.1, 0.15) is 19.0 Å². The van der Waals surface area contributed by atoms with E-state index >= 15 is 0 Å². The van der Waals surface area contributed by atoms with Gasteiger partial charge in [-0.1, -0.05) is 48.0 Å². The largest absolute Gasteiger partial charge is 0.492 e. The van der Waals surface area contributed by atoms with Gasteiger partial charge in [-0.3, -0.25) is 9.59 Å². The lowest BCUT2D eigenvalue weighted by Gasteiger charge is -2.24. The van der Waals surface area contributed by atoms with Gasteiger partial charge in [-0.05, 0) is 25.1 Å². The van der Waals surface area contributed by atoms with Crippen LogP contribution in [-0.4, -0.2) is 28.4 Å². The van der Waals surface area contributed by atoms with E-state index in [1.165, 1.54) is 18.3 Å². The molecule has 3 aromatic rings. The number of thiazole rings is 1. The highest BCUT2D eigenvalue weighted by molar-refractivity contribution is 7.13. The van der Waals surface area contributed by atoms with Crippen LogP contribution in [-0.2, 0) is 16.0 Å². The summed E-state index contributed by atoms with van der Waals surface area (Å²) < 4.78 is 5.60. The van der Waals surface area contributed by atoms with Crippen molar-refractivity contribution in [2.75, 3.05) is 6.61 Å². The molecule has 7 heteroatoms. The second-order valence-electron chi connectivity index (χ2n) is 6.98. The van der Waals surface area contributed by atoms with Gasteiger partial charge in [0.25, 0.3) is 0 Å². The van der Waals surface area contributed by atoms with Crippen molar-refractivity contribution in [3.05, 3.63) is 70.7 Å². The van der Waals surface area contributed by atoms with Gasteiger partial charge in [0.1, 0.15) is 28.6 Å². The van der Waals surface area contributed by atoms with Crippen molar-refractivity contribution in [3.8, 4) is 16.3 Å². The highest BCUT2D eigenvalue weighted by Crippen LogP contribution is 2.31. The Morgan fingerprint density at radius 2 is 1.83 bits per heavy atom. The standard InChI is InChI=1S/C22H20ClNO4S/c1-22(21(26)27,14-28-17-7-3-2-4-8-17)12-16(25)11-15-13-29-20(24-15)18-9-5-6-10-19(18)23/h2-10,13H,11-12,14H2,1H3,(H,26,27). The van der Waals surface area contributed by atoms with Crippen LogP contribution in [0.3, 0.4) is 0 Å². The molecule has 2 aromatic carbocycles. The lowest BCUT2D eigenvalue weighted by atomic mass is 9.85. The Kier molecular flexibility index (Phi) is 6.67. The maximum Gasteiger partial charge on any atom is 0.313 e. The summed E-state index contributed by atoms with van der Waals surface area (Å²) in [5.41, 5.74) is 0.0882. The molecule has 0 amide bonds. The highest BCUT2D eigenvalue weighted by atomic mass is 35.5. The molecule has 0 aliphatic rings. The van der Waals surface area contributed by atoms with Crippen LogP contribution >= 0.6 is 22.9 Å². The van der Waals surface area contributed by atoms with E-state index in [0.29, 0.717) is 16.5 Å². The van der Waals surface area contributed by atoms with E-state index in [-0.39, 0.29) is 25.2 Å². The van der Waals surface area contributed by atoms with Crippen molar-refractivity contribution >= 4 is 34.7 Å². The molecule has 0 spiro atoms. The number of nitrogens with zero attached hydrogens (tertiary/aromatic N) is 1. The van der Waals surface area contributed by atoms with E-state index in [9.17, 15) is 14.7 Å². The van der Waals surface area contributed by atoms with Crippen molar-refractivity contribution in [2.45, 2.75) is 19.8 Å². The predicted molar refractivity (Wildman–Crippen MR) is 114 cm³/mol. The molecule has 5 nitrogen and oxygen atoms in total. The van der Waals surface area contributed by atoms with Crippen molar-refractivity contribution in [2.24, 2.45) is 5.41 Å². The Hall–Kier alpha value is -2.70. The highest BCUT2D eigenvalue weighted by Gasteiger charge is 2.36. The summed E-state index contributed by atoms with van der Waals surface area (Å²) in [6.07, 6.45) is -0.0801. The van der Waals surface area contributed by atoms with Crippen LogP contribution in [0.4, 0.5) is 0 Å². The van der Waals surface area contributed by atoms with Crippen LogP contribution < -0.4 is 4.74 Å². The molecular formula is C22H20ClNO4S. The molecule has 0 aliphatic heterocycles. The number of para-hydroxylation sites is 1. The third kappa shape index (κ3) is 5.43. The fourth-order valence-corrected chi connectivity index (χ4v) is 3.93. The molecule has 0 aliphatic carbocycles. The Labute approximate surface area is 177 Å². The maximum atomic E-state index is 12.6. The summed E-state index contributed by atoms with van der Waals surface area (Å²) in [4.78, 5) is 28.9. The van der Waals surface area contributed by atoms with Crippen LogP contribution in [0, 0.1) is 5.41 Å². The van der Waals surface area contributed by atoms with Crippen LogP contribution in [0.25, 0.3) is 10.6 Å². The minimum absolute atomic E-state index is 0.0646. The SMILES string of the molecule is CC(COc1ccccc1)(CC(=O)Cc1csc(-c2ccccc2Cl)n1)C(=O)O. The summed E-state index contributed by atoms with van der Waals surface area (Å²) in [5.74, 6) is -0.712.